The van der Waals surface area contributed by atoms with Crippen molar-refractivity contribution in [1.82, 2.24) is 4.90 Å². The third-order valence-electron chi connectivity index (χ3n) is 6.60. The fourth-order valence-electron chi connectivity index (χ4n) is 4.94. The van der Waals surface area contributed by atoms with Crippen molar-refractivity contribution in [2.45, 2.75) is 17.8 Å². The van der Waals surface area contributed by atoms with Gasteiger partial charge < -0.3 is 14.7 Å². The van der Waals surface area contributed by atoms with Crippen molar-refractivity contribution >= 4 is 12.1 Å². The van der Waals surface area contributed by atoms with Gasteiger partial charge in [0.15, 0.2) is 0 Å². The molecule has 31 heavy (non-hydrogen) atoms. The zero-order chi connectivity index (χ0) is 21.4. The molecule has 0 radical (unpaired) electrons. The molecule has 2 aliphatic rings. The van der Waals surface area contributed by atoms with E-state index in [1.165, 1.54) is 16.0 Å². The summed E-state index contributed by atoms with van der Waals surface area (Å²) in [6, 6.07) is 25.5. The number of carboxylic acids is 1. The predicted octanol–water partition coefficient (Wildman–Crippen LogP) is 4.66. The Balaban J connectivity index is 1.33. The molecule has 1 N–H and O–H groups in total. The van der Waals surface area contributed by atoms with Crippen molar-refractivity contribution in [2.75, 3.05) is 19.7 Å². The highest BCUT2D eigenvalue weighted by atomic mass is 16.6. The van der Waals surface area contributed by atoms with Gasteiger partial charge in [-0.2, -0.15) is 0 Å². The summed E-state index contributed by atoms with van der Waals surface area (Å²) >= 11 is 0. The number of likely N-dealkylation sites (tertiary alicyclic amines) is 1. The highest BCUT2D eigenvalue weighted by molar-refractivity contribution is 5.84. The zero-order valence-electron chi connectivity index (χ0n) is 17.0. The van der Waals surface area contributed by atoms with Gasteiger partial charge >= 0.3 is 12.1 Å². The fourth-order valence-corrected chi connectivity index (χ4v) is 4.94. The minimum Gasteiger partial charge on any atom is -0.481 e. The molecule has 156 valence electrons. The molecule has 0 aromatic heterocycles. The predicted molar refractivity (Wildman–Crippen MR) is 117 cm³/mol. The third-order valence-corrected chi connectivity index (χ3v) is 6.60. The molecule has 0 saturated carbocycles. The van der Waals surface area contributed by atoms with E-state index in [4.69, 9.17) is 4.74 Å². The number of fused-ring (bicyclic) bond motifs is 3. The van der Waals surface area contributed by atoms with E-state index < -0.39 is 17.5 Å². The third kappa shape index (κ3) is 3.17. The minimum absolute atomic E-state index is 0.0164. The second-order valence-corrected chi connectivity index (χ2v) is 8.23. The number of nitrogens with zero attached hydrogens (tertiary/aromatic N) is 1. The summed E-state index contributed by atoms with van der Waals surface area (Å²) in [5, 5.41) is 9.96. The average Bonchev–Trinajstić information content (AvgIpc) is 3.40. The normalized spacial score (nSPS) is 19.7. The molecule has 5 heteroatoms. The smallest absolute Gasteiger partial charge is 0.409 e. The Bertz CT molecular complexity index is 1100. The van der Waals surface area contributed by atoms with Crippen LogP contribution in [0.3, 0.4) is 0 Å². The Morgan fingerprint density at radius 3 is 2.10 bits per heavy atom. The van der Waals surface area contributed by atoms with Crippen molar-refractivity contribution in [2.24, 2.45) is 0 Å². The summed E-state index contributed by atoms with van der Waals surface area (Å²) in [5.74, 6) is -0.926. The lowest BCUT2D eigenvalue weighted by Gasteiger charge is -2.25. The maximum atomic E-state index is 12.9. The number of ether oxygens (including phenoxy) is 1. The summed E-state index contributed by atoms with van der Waals surface area (Å²) in [5.41, 5.74) is 4.29. The van der Waals surface area contributed by atoms with Gasteiger partial charge in [0, 0.05) is 19.0 Å². The Kier molecular flexibility index (Phi) is 4.74. The van der Waals surface area contributed by atoms with E-state index in [1.807, 2.05) is 54.6 Å². The van der Waals surface area contributed by atoms with Gasteiger partial charge in [-0.05, 0) is 34.2 Å². The van der Waals surface area contributed by atoms with Crippen LogP contribution in [0, 0.1) is 0 Å². The molecule has 1 aliphatic carbocycles. The first-order valence-electron chi connectivity index (χ1n) is 10.5. The number of amides is 1. The molecule has 1 saturated heterocycles. The van der Waals surface area contributed by atoms with E-state index >= 15 is 0 Å². The Hall–Kier alpha value is -3.60. The van der Waals surface area contributed by atoms with Crippen molar-refractivity contribution in [3.63, 3.8) is 0 Å². The lowest BCUT2D eigenvalue weighted by atomic mass is 9.80. The summed E-state index contributed by atoms with van der Waals surface area (Å²) in [4.78, 5) is 26.6. The molecule has 1 unspecified atom stereocenters. The average molecular weight is 413 g/mol. The zero-order valence-corrected chi connectivity index (χ0v) is 17.0. The monoisotopic (exact) mass is 413 g/mol. The number of hydrogen-bond donors (Lipinski definition) is 1. The van der Waals surface area contributed by atoms with Crippen LogP contribution in [-0.2, 0) is 14.9 Å². The molecule has 1 aliphatic heterocycles. The van der Waals surface area contributed by atoms with Crippen molar-refractivity contribution in [3.05, 3.63) is 95.6 Å². The van der Waals surface area contributed by atoms with E-state index in [9.17, 15) is 14.7 Å². The van der Waals surface area contributed by atoms with E-state index in [-0.39, 0.29) is 19.1 Å². The SMILES string of the molecule is O=C(OCC1c2ccccc2-c2ccccc21)N1CCC(C(=O)O)(c2ccccc2)C1. The molecule has 3 aromatic carbocycles. The van der Waals surface area contributed by atoms with Crippen LogP contribution in [0.1, 0.15) is 29.0 Å². The molecule has 3 aromatic rings. The summed E-state index contributed by atoms with van der Waals surface area (Å²) in [6.07, 6.45) is -0.0859. The Morgan fingerprint density at radius 1 is 0.903 bits per heavy atom. The van der Waals surface area contributed by atoms with Crippen molar-refractivity contribution in [1.29, 1.82) is 0 Å². The van der Waals surface area contributed by atoms with Gasteiger partial charge in [0.2, 0.25) is 0 Å². The number of aliphatic carboxylic acids is 1. The minimum atomic E-state index is -1.09. The van der Waals surface area contributed by atoms with Crippen LogP contribution in [0.5, 0.6) is 0 Å². The van der Waals surface area contributed by atoms with E-state index in [1.54, 1.807) is 0 Å². The second-order valence-electron chi connectivity index (χ2n) is 8.23. The van der Waals surface area contributed by atoms with Crippen LogP contribution in [0.15, 0.2) is 78.9 Å². The van der Waals surface area contributed by atoms with Gasteiger partial charge in [-0.3, -0.25) is 4.79 Å². The van der Waals surface area contributed by atoms with Crippen LogP contribution in [0.4, 0.5) is 4.79 Å². The molecule has 1 fully saturated rings. The highest BCUT2D eigenvalue weighted by Gasteiger charge is 2.48. The summed E-state index contributed by atoms with van der Waals surface area (Å²) in [7, 11) is 0. The molecule has 0 bridgehead atoms. The van der Waals surface area contributed by atoms with Crippen molar-refractivity contribution in [3.8, 4) is 11.1 Å². The number of hydrogen-bond acceptors (Lipinski definition) is 3. The van der Waals surface area contributed by atoms with Gasteiger partial charge in [0.05, 0.1) is 0 Å². The molecule has 5 rings (SSSR count). The van der Waals surface area contributed by atoms with Gasteiger partial charge in [-0.15, -0.1) is 0 Å². The lowest BCUT2D eigenvalue weighted by molar-refractivity contribution is -0.143. The maximum Gasteiger partial charge on any atom is 0.409 e. The quantitative estimate of drug-likeness (QED) is 0.675. The Labute approximate surface area is 180 Å². The van der Waals surface area contributed by atoms with E-state index in [0.29, 0.717) is 13.0 Å². The highest BCUT2D eigenvalue weighted by Crippen LogP contribution is 2.44. The molecular weight excluding hydrogens is 390 g/mol. The van der Waals surface area contributed by atoms with Gasteiger partial charge in [0.1, 0.15) is 12.0 Å². The summed E-state index contributed by atoms with van der Waals surface area (Å²) in [6.45, 7) is 0.704. The van der Waals surface area contributed by atoms with E-state index in [0.717, 1.165) is 16.7 Å². The number of carbonyl (C=O) groups is 2. The van der Waals surface area contributed by atoms with Crippen LogP contribution >= 0.6 is 0 Å². The Morgan fingerprint density at radius 2 is 1.48 bits per heavy atom. The molecule has 1 heterocycles. The molecular formula is C26H23NO4. The second kappa shape index (κ2) is 7.58. The lowest BCUT2D eigenvalue weighted by Crippen LogP contribution is -2.40. The molecule has 1 amide bonds. The molecule has 1 atom stereocenters. The van der Waals surface area contributed by atoms with E-state index in [2.05, 4.69) is 24.3 Å². The van der Waals surface area contributed by atoms with Crippen LogP contribution < -0.4 is 0 Å². The summed E-state index contributed by atoms with van der Waals surface area (Å²) < 4.78 is 5.73. The fraction of sp³-hybridized carbons (Fsp3) is 0.231. The van der Waals surface area contributed by atoms with Gasteiger partial charge in [0.25, 0.3) is 0 Å². The number of benzene rings is 3. The van der Waals surface area contributed by atoms with Crippen LogP contribution in [0.2, 0.25) is 0 Å². The number of rotatable bonds is 4. The topological polar surface area (TPSA) is 66.8 Å². The van der Waals surface area contributed by atoms with Gasteiger partial charge in [-0.1, -0.05) is 78.9 Å². The number of carboxylic acid groups (broad SMARTS) is 1. The molecule has 5 nitrogen and oxygen atoms in total. The first-order valence-corrected chi connectivity index (χ1v) is 10.5. The van der Waals surface area contributed by atoms with Gasteiger partial charge in [-0.25, -0.2) is 4.79 Å². The first kappa shape index (κ1) is 19.4. The van der Waals surface area contributed by atoms with Crippen LogP contribution in [0.25, 0.3) is 11.1 Å². The standard InChI is InChI=1S/C26H23NO4/c28-24(29)26(18-8-2-1-3-9-18)14-15-27(17-26)25(30)31-16-23-21-12-6-4-10-19(21)20-11-5-7-13-22(20)23/h1-13,23H,14-17H2,(H,28,29). The largest absolute Gasteiger partial charge is 0.481 e. The maximum absolute atomic E-state index is 12.9. The number of carbonyl (C=O) groups excluding carboxylic acids is 1. The molecule has 0 spiro atoms. The van der Waals surface area contributed by atoms with Crippen molar-refractivity contribution < 1.29 is 19.4 Å². The first-order chi connectivity index (χ1) is 15.1. The van der Waals surface area contributed by atoms with Crippen LogP contribution in [-0.4, -0.2) is 41.8 Å².